The van der Waals surface area contributed by atoms with Crippen LogP contribution >= 0.6 is 11.8 Å². The number of hydrogen-bond acceptors (Lipinski definition) is 2. The summed E-state index contributed by atoms with van der Waals surface area (Å²) in [5.74, 6) is -0.745. The minimum absolute atomic E-state index is 0. The van der Waals surface area contributed by atoms with Gasteiger partial charge in [0.25, 0.3) is 0 Å². The second-order valence-corrected chi connectivity index (χ2v) is 1.61. The summed E-state index contributed by atoms with van der Waals surface area (Å²) < 4.78 is 0. The number of rotatable bonds is 1. The Balaban J connectivity index is -0.0000000800. The van der Waals surface area contributed by atoms with Crippen molar-refractivity contribution < 1.29 is 39.5 Å². The molecule has 0 heterocycles. The molecule has 0 unspecified atom stereocenters. The van der Waals surface area contributed by atoms with E-state index in [2.05, 4.69) is 6.26 Å². The van der Waals surface area contributed by atoms with Crippen LogP contribution in [0.3, 0.4) is 0 Å². The van der Waals surface area contributed by atoms with Crippen molar-refractivity contribution in [1.29, 1.82) is 0 Å². The van der Waals surface area contributed by atoms with Crippen molar-refractivity contribution in [1.82, 2.24) is 0 Å². The SMILES string of the molecule is CCC(=O)O.[CH2-]SC.[Na+]. The van der Waals surface area contributed by atoms with Crippen molar-refractivity contribution in [3.8, 4) is 0 Å². The Morgan fingerprint density at radius 3 is 1.89 bits per heavy atom. The van der Waals surface area contributed by atoms with Crippen molar-refractivity contribution in [2.75, 3.05) is 6.26 Å². The van der Waals surface area contributed by atoms with E-state index in [1.807, 2.05) is 6.26 Å². The van der Waals surface area contributed by atoms with Crippen molar-refractivity contribution in [3.05, 3.63) is 6.26 Å². The molecule has 0 radical (unpaired) electrons. The number of carbonyl (C=O) groups is 1. The molecule has 0 fully saturated rings. The van der Waals surface area contributed by atoms with Gasteiger partial charge in [-0.1, -0.05) is 6.92 Å². The summed E-state index contributed by atoms with van der Waals surface area (Å²) in [6.45, 7) is 1.60. The Hall–Kier alpha value is 0.820. The molecule has 0 rings (SSSR count). The quantitative estimate of drug-likeness (QED) is 0.378. The first kappa shape index (κ1) is 16.4. The van der Waals surface area contributed by atoms with E-state index in [0.29, 0.717) is 0 Å². The van der Waals surface area contributed by atoms with E-state index in [0.717, 1.165) is 0 Å². The van der Waals surface area contributed by atoms with Gasteiger partial charge in [-0.05, 0) is 6.26 Å². The van der Waals surface area contributed by atoms with Gasteiger partial charge in [-0.15, -0.1) is 0 Å². The summed E-state index contributed by atoms with van der Waals surface area (Å²) in [4.78, 5) is 9.37. The van der Waals surface area contributed by atoms with Crippen molar-refractivity contribution in [2.45, 2.75) is 13.3 Å². The number of aliphatic carboxylic acids is 1. The molecule has 1 N–H and O–H groups in total. The van der Waals surface area contributed by atoms with Gasteiger partial charge < -0.3 is 16.9 Å². The van der Waals surface area contributed by atoms with Crippen molar-refractivity contribution in [3.63, 3.8) is 0 Å². The molecule has 0 spiro atoms. The maximum atomic E-state index is 9.37. The maximum absolute atomic E-state index is 9.37. The van der Waals surface area contributed by atoms with Crippen LogP contribution in [0, 0.1) is 6.26 Å². The molecule has 50 valence electrons. The van der Waals surface area contributed by atoms with Gasteiger partial charge in [-0.2, -0.15) is 0 Å². The van der Waals surface area contributed by atoms with Gasteiger partial charge in [0.1, 0.15) is 0 Å². The molecule has 0 saturated heterocycles. The Labute approximate surface area is 82.7 Å². The molecular weight excluding hydrogens is 147 g/mol. The van der Waals surface area contributed by atoms with Gasteiger partial charge in [0.05, 0.1) is 0 Å². The average molecular weight is 158 g/mol. The summed E-state index contributed by atoms with van der Waals surface area (Å²) in [7, 11) is 0. The van der Waals surface area contributed by atoms with E-state index >= 15 is 0 Å². The largest absolute Gasteiger partial charge is 1.00 e. The average Bonchev–Trinajstić information content (AvgIpc) is 1.69. The third-order valence-corrected chi connectivity index (χ3v) is 0.302. The van der Waals surface area contributed by atoms with Crippen LogP contribution in [0.5, 0.6) is 0 Å². The zero-order valence-electron chi connectivity index (χ0n) is 6.18. The van der Waals surface area contributed by atoms with Crippen molar-refractivity contribution >= 4 is 17.7 Å². The second-order valence-electron chi connectivity index (χ2n) is 1.04. The topological polar surface area (TPSA) is 37.3 Å². The first-order valence-corrected chi connectivity index (χ1v) is 3.58. The molecule has 0 aliphatic carbocycles. The molecule has 0 amide bonds. The summed E-state index contributed by atoms with van der Waals surface area (Å²) in [6, 6.07) is 0. The predicted octanol–water partition coefficient (Wildman–Crippen LogP) is -1.37. The molecule has 9 heavy (non-hydrogen) atoms. The van der Waals surface area contributed by atoms with E-state index in [4.69, 9.17) is 5.11 Å². The molecule has 0 aromatic carbocycles. The van der Waals surface area contributed by atoms with Crippen LogP contribution in [0.4, 0.5) is 0 Å². The molecule has 4 heteroatoms. The normalized spacial score (nSPS) is 6.11. The van der Waals surface area contributed by atoms with Crippen LogP contribution in [0.15, 0.2) is 0 Å². The first-order valence-electron chi connectivity index (χ1n) is 2.19. The van der Waals surface area contributed by atoms with Crippen molar-refractivity contribution in [2.24, 2.45) is 0 Å². The van der Waals surface area contributed by atoms with Gasteiger partial charge in [-0.25, -0.2) is 0 Å². The van der Waals surface area contributed by atoms with Gasteiger partial charge in [0, 0.05) is 6.42 Å². The van der Waals surface area contributed by atoms with Crippen LogP contribution in [-0.4, -0.2) is 17.3 Å². The molecule has 0 aliphatic rings. The fourth-order valence-electron chi connectivity index (χ4n) is 0. The fourth-order valence-corrected chi connectivity index (χ4v) is 0. The van der Waals surface area contributed by atoms with Crippen LogP contribution in [0.1, 0.15) is 13.3 Å². The van der Waals surface area contributed by atoms with Gasteiger partial charge in [-0.3, -0.25) is 11.1 Å². The molecule has 2 nitrogen and oxygen atoms in total. The smallest absolute Gasteiger partial charge is 0.481 e. The van der Waals surface area contributed by atoms with Crippen LogP contribution in [-0.2, 0) is 4.79 Å². The van der Waals surface area contributed by atoms with Gasteiger partial charge in [0.15, 0.2) is 0 Å². The van der Waals surface area contributed by atoms with E-state index < -0.39 is 5.97 Å². The van der Waals surface area contributed by atoms with Crippen LogP contribution in [0.2, 0.25) is 0 Å². The number of carboxylic acids is 1. The van der Waals surface area contributed by atoms with Gasteiger partial charge in [0.2, 0.25) is 0 Å². The fraction of sp³-hybridized carbons (Fsp3) is 0.600. The number of hydrogen-bond donors (Lipinski definition) is 1. The number of thioether (sulfide) groups is 1. The zero-order chi connectivity index (χ0) is 6.99. The predicted molar refractivity (Wildman–Crippen MR) is 36.8 cm³/mol. The molecule has 0 aromatic rings. The third kappa shape index (κ3) is 51.6. The molecular formula is C5H11NaO2S. The summed E-state index contributed by atoms with van der Waals surface area (Å²) in [5.41, 5.74) is 0. The van der Waals surface area contributed by atoms with Gasteiger partial charge >= 0.3 is 35.5 Å². The van der Waals surface area contributed by atoms with Crippen LogP contribution in [0.25, 0.3) is 0 Å². The Morgan fingerprint density at radius 2 is 1.89 bits per heavy atom. The Bertz CT molecular complexity index is 58.9. The minimum Gasteiger partial charge on any atom is -0.481 e. The Kier molecular flexibility index (Phi) is 29.1. The summed E-state index contributed by atoms with van der Waals surface area (Å²) >= 11 is 1.50. The zero-order valence-corrected chi connectivity index (χ0v) is 8.99. The van der Waals surface area contributed by atoms with E-state index in [1.165, 1.54) is 11.8 Å². The summed E-state index contributed by atoms with van der Waals surface area (Å²) in [5, 5.41) is 7.72. The minimum atomic E-state index is -0.745. The Morgan fingerprint density at radius 1 is 1.78 bits per heavy atom. The first-order chi connectivity index (χ1) is 3.68. The van der Waals surface area contributed by atoms with E-state index in [9.17, 15) is 4.79 Å². The number of carboxylic acid groups (broad SMARTS) is 1. The third-order valence-electron chi connectivity index (χ3n) is 0.302. The standard InChI is InChI=1S/C3H6O2.C2H5S.Na/c1-2-3(4)5;1-3-2;/h2H2,1H3,(H,4,5);1H2,2H3;/q;-1;+1. The van der Waals surface area contributed by atoms with E-state index in [1.54, 1.807) is 6.92 Å². The van der Waals surface area contributed by atoms with Crippen LogP contribution < -0.4 is 29.6 Å². The monoisotopic (exact) mass is 158 g/mol. The van der Waals surface area contributed by atoms with E-state index in [-0.39, 0.29) is 36.0 Å². The molecule has 0 aromatic heterocycles. The second kappa shape index (κ2) is 15.9. The molecule has 0 atom stereocenters. The molecule has 0 aliphatic heterocycles. The molecule has 0 bridgehead atoms. The summed E-state index contributed by atoms with van der Waals surface area (Å²) in [6.07, 6.45) is 5.56. The maximum Gasteiger partial charge on any atom is 1.00 e. The molecule has 0 saturated carbocycles.